The molecule has 0 unspecified atom stereocenters. The molecule has 0 amide bonds. The predicted molar refractivity (Wildman–Crippen MR) is 161 cm³/mol. The molecule has 0 aliphatic carbocycles. The summed E-state index contributed by atoms with van der Waals surface area (Å²) in [6.45, 7) is 7.76. The van der Waals surface area contributed by atoms with Crippen LogP contribution in [0.2, 0.25) is 0 Å². The molecular weight excluding hydrogens is 620 g/mol. The van der Waals surface area contributed by atoms with Gasteiger partial charge < -0.3 is 42.3 Å². The molecule has 1 saturated heterocycles. The average Bonchev–Trinajstić information content (AvgIpc) is 3.46. The first-order chi connectivity index (χ1) is 22.4. The van der Waals surface area contributed by atoms with Crippen LogP contribution >= 0.6 is 0 Å². The van der Waals surface area contributed by atoms with Crippen molar-refractivity contribution in [2.45, 2.75) is 78.7 Å². The standard InChI is InChI=1S/C33H34O14/c1-7-20-10-22-25(42-15(2)28(29(22)38)21-8-9-23-26(11-21)41-14-40-23)12-24(20)46-33-32(45-19(6)37)31(44-18(5)36)30(43-17(4)35)27(47-33)13-39-16(3)34/h8-12,27,30-33H,7,13-14H2,1-6H3/t27-,30+,31-,32+,33-/m1/s1. The van der Waals surface area contributed by atoms with Crippen LogP contribution in [0.3, 0.4) is 0 Å². The van der Waals surface area contributed by atoms with E-state index < -0.39 is 61.2 Å². The SMILES string of the molecule is CCc1cc2c(=O)c(-c3ccc4c(c3)OCO4)c(C)oc2cc1O[C@@H]1O[C@H](COC(C)=O)[C@H](OC(C)=O)[C@@H](OC(C)=O)[C@@H]1OC(C)=O. The number of benzene rings is 2. The zero-order chi connectivity index (χ0) is 34.0. The first-order valence-electron chi connectivity index (χ1n) is 14.8. The van der Waals surface area contributed by atoms with Gasteiger partial charge in [0.2, 0.25) is 24.6 Å². The van der Waals surface area contributed by atoms with Crippen LogP contribution in [0.4, 0.5) is 0 Å². The summed E-state index contributed by atoms with van der Waals surface area (Å²) < 4.78 is 50.9. The molecule has 0 spiro atoms. The summed E-state index contributed by atoms with van der Waals surface area (Å²) >= 11 is 0. The number of hydrogen-bond donors (Lipinski definition) is 0. The second-order valence-corrected chi connectivity index (χ2v) is 10.9. The van der Waals surface area contributed by atoms with Crippen molar-refractivity contribution in [2.24, 2.45) is 0 Å². The summed E-state index contributed by atoms with van der Waals surface area (Å²) in [6.07, 6.45) is -6.44. The van der Waals surface area contributed by atoms with Crippen LogP contribution in [0.15, 0.2) is 39.5 Å². The van der Waals surface area contributed by atoms with E-state index in [0.717, 1.165) is 20.8 Å². The van der Waals surface area contributed by atoms with E-state index in [1.807, 2.05) is 6.92 Å². The topological polar surface area (TPSA) is 172 Å². The second kappa shape index (κ2) is 13.7. The molecule has 1 aromatic heterocycles. The van der Waals surface area contributed by atoms with Gasteiger partial charge >= 0.3 is 23.9 Å². The summed E-state index contributed by atoms with van der Waals surface area (Å²) in [5.74, 6) is -1.30. The lowest BCUT2D eigenvalue weighted by atomic mass is 9.97. The number of fused-ring (bicyclic) bond motifs is 2. The van der Waals surface area contributed by atoms with Crippen LogP contribution in [0.1, 0.15) is 45.9 Å². The number of aryl methyl sites for hydroxylation is 2. The summed E-state index contributed by atoms with van der Waals surface area (Å²) in [5, 5.41) is 0.286. The van der Waals surface area contributed by atoms with Crippen molar-refractivity contribution in [3.8, 4) is 28.4 Å². The van der Waals surface area contributed by atoms with Gasteiger partial charge in [-0.15, -0.1) is 0 Å². The van der Waals surface area contributed by atoms with Crippen LogP contribution < -0.4 is 19.6 Å². The molecule has 5 rings (SSSR count). The van der Waals surface area contributed by atoms with E-state index in [1.165, 1.54) is 13.0 Å². The summed E-state index contributed by atoms with van der Waals surface area (Å²) in [4.78, 5) is 62.0. The normalized spacial score (nSPS) is 21.5. The lowest BCUT2D eigenvalue weighted by Crippen LogP contribution is -2.63. The van der Waals surface area contributed by atoms with Crippen molar-refractivity contribution < 1.29 is 61.5 Å². The summed E-state index contributed by atoms with van der Waals surface area (Å²) in [5.41, 5.74) is 1.44. The molecule has 2 aromatic carbocycles. The maximum Gasteiger partial charge on any atom is 0.303 e. The van der Waals surface area contributed by atoms with Gasteiger partial charge in [0.15, 0.2) is 23.7 Å². The van der Waals surface area contributed by atoms with Gasteiger partial charge in [-0.2, -0.15) is 0 Å². The number of carbonyl (C=O) groups excluding carboxylic acids is 4. The molecule has 250 valence electrons. The third-order valence-corrected chi connectivity index (χ3v) is 7.48. The Hall–Kier alpha value is -5.11. The lowest BCUT2D eigenvalue weighted by molar-refractivity contribution is -0.288. The van der Waals surface area contributed by atoms with Gasteiger partial charge in [-0.05, 0) is 42.7 Å². The monoisotopic (exact) mass is 654 g/mol. The van der Waals surface area contributed by atoms with Crippen LogP contribution in [0.25, 0.3) is 22.1 Å². The van der Waals surface area contributed by atoms with E-state index in [1.54, 1.807) is 31.2 Å². The lowest BCUT2D eigenvalue weighted by Gasteiger charge is -2.44. The minimum atomic E-state index is -1.46. The van der Waals surface area contributed by atoms with Crippen molar-refractivity contribution >= 4 is 34.8 Å². The predicted octanol–water partition coefficient (Wildman–Crippen LogP) is 3.52. The third-order valence-electron chi connectivity index (χ3n) is 7.48. The Morgan fingerprint density at radius 2 is 1.49 bits per heavy atom. The fourth-order valence-corrected chi connectivity index (χ4v) is 5.56. The molecule has 3 heterocycles. The fraction of sp³-hybridized carbons (Fsp3) is 0.424. The first-order valence-corrected chi connectivity index (χ1v) is 14.8. The Morgan fingerprint density at radius 3 is 2.15 bits per heavy atom. The highest BCUT2D eigenvalue weighted by Crippen LogP contribution is 2.38. The van der Waals surface area contributed by atoms with Gasteiger partial charge in [0, 0.05) is 33.8 Å². The molecular formula is C33H34O14. The highest BCUT2D eigenvalue weighted by molar-refractivity contribution is 5.85. The van der Waals surface area contributed by atoms with Gasteiger partial charge in [0.25, 0.3) is 0 Å². The van der Waals surface area contributed by atoms with Gasteiger partial charge in [0.1, 0.15) is 29.8 Å². The van der Waals surface area contributed by atoms with Gasteiger partial charge in [-0.25, -0.2) is 0 Å². The third kappa shape index (κ3) is 7.17. The zero-order valence-electron chi connectivity index (χ0n) is 26.6. The summed E-state index contributed by atoms with van der Waals surface area (Å²) in [6, 6.07) is 8.35. The van der Waals surface area contributed by atoms with Crippen molar-refractivity contribution in [3.63, 3.8) is 0 Å². The molecule has 2 aliphatic heterocycles. The van der Waals surface area contributed by atoms with Crippen LogP contribution in [0.5, 0.6) is 17.2 Å². The molecule has 3 aromatic rings. The van der Waals surface area contributed by atoms with Crippen LogP contribution in [-0.2, 0) is 49.3 Å². The van der Waals surface area contributed by atoms with E-state index >= 15 is 0 Å². The van der Waals surface area contributed by atoms with Crippen molar-refractivity contribution in [2.75, 3.05) is 13.4 Å². The highest BCUT2D eigenvalue weighted by atomic mass is 16.7. The Bertz CT molecular complexity index is 1780. The summed E-state index contributed by atoms with van der Waals surface area (Å²) in [7, 11) is 0. The van der Waals surface area contributed by atoms with E-state index in [4.69, 9.17) is 42.3 Å². The molecule has 47 heavy (non-hydrogen) atoms. The largest absolute Gasteiger partial charge is 0.463 e. The van der Waals surface area contributed by atoms with Gasteiger partial charge in [-0.1, -0.05) is 13.0 Å². The number of ether oxygens (including phenoxy) is 8. The number of hydrogen-bond acceptors (Lipinski definition) is 14. The van der Waals surface area contributed by atoms with Crippen LogP contribution in [0, 0.1) is 6.92 Å². The van der Waals surface area contributed by atoms with E-state index in [0.29, 0.717) is 40.4 Å². The Balaban J connectivity index is 1.56. The molecule has 0 radical (unpaired) electrons. The second-order valence-electron chi connectivity index (χ2n) is 10.9. The molecule has 14 heteroatoms. The van der Waals surface area contributed by atoms with Crippen molar-refractivity contribution in [3.05, 3.63) is 51.9 Å². The quantitative estimate of drug-likeness (QED) is 0.242. The van der Waals surface area contributed by atoms with Crippen molar-refractivity contribution in [1.82, 2.24) is 0 Å². The van der Waals surface area contributed by atoms with E-state index in [9.17, 15) is 24.0 Å². The first kappa shape index (κ1) is 33.3. The van der Waals surface area contributed by atoms with Gasteiger partial charge in [0.05, 0.1) is 10.9 Å². The Labute approximate surface area is 268 Å². The van der Waals surface area contributed by atoms with E-state index in [2.05, 4.69) is 0 Å². The molecule has 14 nitrogen and oxygen atoms in total. The maximum absolute atomic E-state index is 13.8. The number of rotatable bonds is 9. The highest BCUT2D eigenvalue weighted by Gasteiger charge is 2.53. The van der Waals surface area contributed by atoms with Gasteiger partial charge in [-0.3, -0.25) is 24.0 Å². The fourth-order valence-electron chi connectivity index (χ4n) is 5.56. The zero-order valence-corrected chi connectivity index (χ0v) is 26.6. The number of esters is 4. The molecule has 0 N–H and O–H groups in total. The van der Waals surface area contributed by atoms with Crippen molar-refractivity contribution in [1.29, 1.82) is 0 Å². The Kier molecular flexibility index (Phi) is 9.70. The van der Waals surface area contributed by atoms with Crippen LogP contribution in [-0.4, -0.2) is 68.0 Å². The Morgan fingerprint density at radius 1 is 0.830 bits per heavy atom. The van der Waals surface area contributed by atoms with E-state index in [-0.39, 0.29) is 28.9 Å². The average molecular weight is 655 g/mol. The minimum absolute atomic E-state index is 0.0896. The molecule has 2 aliphatic rings. The molecule has 1 fully saturated rings. The smallest absolute Gasteiger partial charge is 0.303 e. The molecule has 5 atom stereocenters. The minimum Gasteiger partial charge on any atom is -0.463 e. The molecule has 0 saturated carbocycles. The maximum atomic E-state index is 13.8. The molecule has 0 bridgehead atoms. The number of carbonyl (C=O) groups is 4.